The van der Waals surface area contributed by atoms with Crippen molar-refractivity contribution in [1.29, 1.82) is 0 Å². The second-order valence-electron chi connectivity index (χ2n) is 11.1. The van der Waals surface area contributed by atoms with E-state index in [0.717, 1.165) is 29.5 Å². The summed E-state index contributed by atoms with van der Waals surface area (Å²) in [6.07, 6.45) is 3.32. The molecule has 0 saturated carbocycles. The Morgan fingerprint density at radius 2 is 1.71 bits per heavy atom. The molecule has 0 saturated heterocycles. The maximum Gasteiger partial charge on any atom is 0.247 e. The fourth-order valence-electron chi connectivity index (χ4n) is 4.70. The third-order valence-electron chi connectivity index (χ3n) is 7.70. The van der Waals surface area contributed by atoms with E-state index in [0.29, 0.717) is 5.75 Å². The molecule has 4 nitrogen and oxygen atoms in total. The number of ether oxygens (including phenoxy) is 1. The topological polar surface area (TPSA) is 50.4 Å². The van der Waals surface area contributed by atoms with Crippen LogP contribution in [0.15, 0.2) is 86.1 Å². The van der Waals surface area contributed by atoms with Gasteiger partial charge in [0.1, 0.15) is 11.8 Å². The summed E-state index contributed by atoms with van der Waals surface area (Å²) in [5.41, 5.74) is 8.04. The lowest BCUT2D eigenvalue weighted by molar-refractivity contribution is -0.122. The molecular weight excluding hydrogens is 523 g/mol. The normalized spacial score (nSPS) is 13.7. The molecule has 3 aromatic rings. The van der Waals surface area contributed by atoms with E-state index in [1.54, 1.807) is 7.05 Å². The van der Waals surface area contributed by atoms with Crippen molar-refractivity contribution in [2.45, 2.75) is 79.1 Å². The van der Waals surface area contributed by atoms with Gasteiger partial charge in [-0.05, 0) is 85.5 Å². The first kappa shape index (κ1) is 34.5. The highest BCUT2D eigenvalue weighted by atomic mass is 19.2. The summed E-state index contributed by atoms with van der Waals surface area (Å²) in [6, 6.07) is 22.0. The molecule has 42 heavy (non-hydrogen) atoms. The molecule has 3 atom stereocenters. The summed E-state index contributed by atoms with van der Waals surface area (Å²) in [6.45, 7) is 21.4. The van der Waals surface area contributed by atoms with Gasteiger partial charge in [0, 0.05) is 18.8 Å². The van der Waals surface area contributed by atoms with Gasteiger partial charge in [-0.15, -0.1) is 0 Å². The Hall–Kier alpha value is -3.70. The number of alkyl halides is 1. The number of amides is 1. The maximum atomic E-state index is 14.5. The van der Waals surface area contributed by atoms with E-state index in [1.165, 1.54) is 35.4 Å². The van der Waals surface area contributed by atoms with Gasteiger partial charge in [0.2, 0.25) is 11.8 Å². The number of benzene rings is 3. The van der Waals surface area contributed by atoms with E-state index in [4.69, 9.17) is 4.74 Å². The Morgan fingerprint density at radius 3 is 2.24 bits per heavy atom. The van der Waals surface area contributed by atoms with Crippen LogP contribution in [0.2, 0.25) is 0 Å². The van der Waals surface area contributed by atoms with Crippen LogP contribution in [0.1, 0.15) is 86.4 Å². The third kappa shape index (κ3) is 9.42. The SMILES string of the molecule is C=C(c1ccc(C)cc1)C(CC)c1ccc(OC(C)(F)C(C)C)cc1C.C=CNC(=O)C(NC)c1cccc(CC)c1. The molecule has 3 aromatic carbocycles. The van der Waals surface area contributed by atoms with E-state index in [9.17, 15) is 9.18 Å². The molecule has 0 aliphatic carbocycles. The van der Waals surface area contributed by atoms with E-state index in [1.807, 2.05) is 44.2 Å². The Labute approximate surface area is 253 Å². The van der Waals surface area contributed by atoms with Gasteiger partial charge in [-0.3, -0.25) is 4.79 Å². The largest absolute Gasteiger partial charge is 0.458 e. The van der Waals surface area contributed by atoms with Gasteiger partial charge in [0.15, 0.2) is 0 Å². The quantitative estimate of drug-likeness (QED) is 0.228. The van der Waals surface area contributed by atoms with Gasteiger partial charge in [0.05, 0.1) is 0 Å². The minimum Gasteiger partial charge on any atom is -0.458 e. The molecule has 0 aliphatic rings. The van der Waals surface area contributed by atoms with Gasteiger partial charge in [-0.25, -0.2) is 0 Å². The van der Waals surface area contributed by atoms with E-state index < -0.39 is 5.85 Å². The molecule has 3 unspecified atom stereocenters. The highest BCUT2D eigenvalue weighted by Gasteiger charge is 2.30. The molecule has 0 spiro atoms. The Bertz CT molecular complexity index is 1330. The fraction of sp³-hybridized carbons (Fsp3) is 0.378. The van der Waals surface area contributed by atoms with Crippen molar-refractivity contribution in [1.82, 2.24) is 10.6 Å². The average molecular weight is 573 g/mol. The number of hydrogen-bond acceptors (Lipinski definition) is 3. The third-order valence-corrected chi connectivity index (χ3v) is 7.70. The van der Waals surface area contributed by atoms with E-state index >= 15 is 0 Å². The molecule has 2 N–H and O–H groups in total. The van der Waals surface area contributed by atoms with Gasteiger partial charge in [0.25, 0.3) is 0 Å². The summed E-state index contributed by atoms with van der Waals surface area (Å²) in [5, 5.41) is 5.59. The summed E-state index contributed by atoms with van der Waals surface area (Å²) in [7, 11) is 1.77. The predicted octanol–water partition coefficient (Wildman–Crippen LogP) is 9.00. The van der Waals surface area contributed by atoms with Crippen LogP contribution in [0.3, 0.4) is 0 Å². The van der Waals surface area contributed by atoms with Crippen LogP contribution < -0.4 is 15.4 Å². The van der Waals surface area contributed by atoms with E-state index in [2.05, 4.69) is 87.9 Å². The highest BCUT2D eigenvalue weighted by molar-refractivity contribution is 5.84. The number of allylic oxidation sites excluding steroid dienone is 1. The Balaban J connectivity index is 0.000000330. The van der Waals surface area contributed by atoms with Crippen molar-refractivity contribution in [3.05, 3.63) is 119 Å². The van der Waals surface area contributed by atoms with Crippen molar-refractivity contribution in [2.75, 3.05) is 7.05 Å². The second-order valence-corrected chi connectivity index (χ2v) is 11.1. The van der Waals surface area contributed by atoms with Gasteiger partial charge >= 0.3 is 0 Å². The first-order valence-corrected chi connectivity index (χ1v) is 14.8. The molecule has 1 amide bonds. The second kappa shape index (κ2) is 16.1. The lowest BCUT2D eigenvalue weighted by Crippen LogP contribution is -2.33. The summed E-state index contributed by atoms with van der Waals surface area (Å²) in [4.78, 5) is 11.7. The number of carbonyl (C=O) groups excluding carboxylic acids is 1. The first-order chi connectivity index (χ1) is 19.9. The number of nitrogens with one attached hydrogen (secondary N) is 2. The van der Waals surface area contributed by atoms with Crippen LogP contribution >= 0.6 is 0 Å². The molecular formula is C37H49FN2O2. The van der Waals surface area contributed by atoms with Crippen LogP contribution in [0, 0.1) is 19.8 Å². The van der Waals surface area contributed by atoms with Crippen LogP contribution in [0.4, 0.5) is 4.39 Å². The summed E-state index contributed by atoms with van der Waals surface area (Å²) >= 11 is 0. The van der Waals surface area contributed by atoms with Crippen LogP contribution in [-0.2, 0) is 11.2 Å². The number of carbonyl (C=O) groups is 1. The van der Waals surface area contributed by atoms with Gasteiger partial charge in [-0.2, -0.15) is 4.39 Å². The number of halogens is 1. The van der Waals surface area contributed by atoms with Crippen molar-refractivity contribution in [3.63, 3.8) is 0 Å². The molecule has 0 fully saturated rings. The molecule has 0 aromatic heterocycles. The van der Waals surface area contributed by atoms with Gasteiger partial charge in [-0.1, -0.05) is 101 Å². The zero-order chi connectivity index (χ0) is 31.4. The Morgan fingerprint density at radius 1 is 1.05 bits per heavy atom. The van der Waals surface area contributed by atoms with Crippen molar-refractivity contribution in [2.24, 2.45) is 5.92 Å². The van der Waals surface area contributed by atoms with Crippen molar-refractivity contribution in [3.8, 4) is 5.75 Å². The minimum absolute atomic E-state index is 0.0919. The number of aryl methyl sites for hydroxylation is 3. The standard InChI is InChI=1S/C24H31FO.C13H18N2O/c1-8-22(19(6)20-11-9-17(4)10-12-20)23-14-13-21(15-18(23)5)26-24(7,25)16(2)3;1-4-10-7-6-8-11(9-10)12(14-3)13(16)15-5-2/h9-16,22H,6,8H2,1-5,7H3;5-9,12,14H,2,4H2,1,3H3,(H,15,16). The van der Waals surface area contributed by atoms with Crippen molar-refractivity contribution >= 4 is 11.5 Å². The Kier molecular flexibility index (Phi) is 13.2. The zero-order valence-corrected chi connectivity index (χ0v) is 26.7. The number of hydrogen-bond donors (Lipinski definition) is 2. The van der Waals surface area contributed by atoms with Crippen molar-refractivity contribution < 1.29 is 13.9 Å². The number of likely N-dealkylation sites (N-methyl/N-ethyl adjacent to an activating group) is 1. The summed E-state index contributed by atoms with van der Waals surface area (Å²) < 4.78 is 20.1. The predicted molar refractivity (Wildman–Crippen MR) is 175 cm³/mol. The molecule has 0 aliphatic heterocycles. The van der Waals surface area contributed by atoms with Crippen LogP contribution in [0.25, 0.3) is 5.57 Å². The highest BCUT2D eigenvalue weighted by Crippen LogP contribution is 2.37. The lowest BCUT2D eigenvalue weighted by atomic mass is 9.83. The monoisotopic (exact) mass is 572 g/mol. The van der Waals surface area contributed by atoms with Crippen LogP contribution in [-0.4, -0.2) is 18.8 Å². The zero-order valence-electron chi connectivity index (χ0n) is 26.7. The minimum atomic E-state index is -1.68. The first-order valence-electron chi connectivity index (χ1n) is 14.8. The molecule has 226 valence electrons. The molecule has 5 heteroatoms. The fourth-order valence-corrected chi connectivity index (χ4v) is 4.70. The molecule has 3 rings (SSSR count). The number of rotatable bonds is 12. The average Bonchev–Trinajstić information content (AvgIpc) is 2.95. The maximum absolute atomic E-state index is 14.5. The smallest absolute Gasteiger partial charge is 0.247 e. The van der Waals surface area contributed by atoms with E-state index in [-0.39, 0.29) is 23.8 Å². The van der Waals surface area contributed by atoms with Gasteiger partial charge < -0.3 is 15.4 Å². The van der Waals surface area contributed by atoms with Crippen LogP contribution in [0.5, 0.6) is 5.75 Å². The lowest BCUT2D eigenvalue weighted by Gasteiger charge is -2.27. The molecule has 0 radical (unpaired) electrons. The molecule has 0 bridgehead atoms. The molecule has 0 heterocycles. The summed E-state index contributed by atoms with van der Waals surface area (Å²) in [5.74, 6) is -1.18.